The first-order valence-corrected chi connectivity index (χ1v) is 7.25. The third-order valence-corrected chi connectivity index (χ3v) is 3.75. The van der Waals surface area contributed by atoms with Crippen LogP contribution < -0.4 is 10.1 Å². The number of ether oxygens (including phenoxy) is 2. The average Bonchev–Trinajstić information content (AvgIpc) is 3.19. The molecule has 0 bridgehead atoms. The molecule has 1 aromatic carbocycles. The van der Waals surface area contributed by atoms with Crippen LogP contribution >= 0.6 is 11.3 Å². The standard InChI is InChI=1S/C14H14N2O4S/c1-8-5-15-14(21-8)16-11-4-2-3-10(13(17)18)12(11)20-7-9-6-19-9/h2-5,9H,6-7H2,1H3,(H,15,16)(H,17,18). The highest BCUT2D eigenvalue weighted by Crippen LogP contribution is 2.33. The Balaban J connectivity index is 1.89. The number of aryl methyl sites for hydroxylation is 1. The molecule has 1 aliphatic rings. The number of hydrogen-bond donors (Lipinski definition) is 2. The van der Waals surface area contributed by atoms with Crippen LogP contribution in [0.2, 0.25) is 0 Å². The number of benzene rings is 1. The molecule has 2 heterocycles. The van der Waals surface area contributed by atoms with Gasteiger partial charge in [-0.2, -0.15) is 0 Å². The number of carboxylic acids is 1. The molecule has 7 heteroatoms. The molecule has 1 aliphatic heterocycles. The van der Waals surface area contributed by atoms with Crippen LogP contribution in [0.5, 0.6) is 5.75 Å². The number of nitrogens with zero attached hydrogens (tertiary/aromatic N) is 1. The van der Waals surface area contributed by atoms with Crippen LogP contribution in [0.4, 0.5) is 10.8 Å². The summed E-state index contributed by atoms with van der Waals surface area (Å²) in [7, 11) is 0. The van der Waals surface area contributed by atoms with Crippen molar-refractivity contribution < 1.29 is 19.4 Å². The predicted molar refractivity (Wildman–Crippen MR) is 78.8 cm³/mol. The van der Waals surface area contributed by atoms with E-state index >= 15 is 0 Å². The lowest BCUT2D eigenvalue weighted by Crippen LogP contribution is -2.10. The Morgan fingerprint density at radius 1 is 1.62 bits per heavy atom. The molecule has 1 atom stereocenters. The lowest BCUT2D eigenvalue weighted by atomic mass is 10.1. The minimum Gasteiger partial charge on any atom is -0.488 e. The van der Waals surface area contributed by atoms with Crippen molar-refractivity contribution in [3.63, 3.8) is 0 Å². The number of carbonyl (C=O) groups is 1. The number of para-hydroxylation sites is 1. The second kappa shape index (κ2) is 5.71. The minimum atomic E-state index is -1.03. The molecule has 0 spiro atoms. The average molecular weight is 306 g/mol. The van der Waals surface area contributed by atoms with E-state index in [1.54, 1.807) is 18.3 Å². The van der Waals surface area contributed by atoms with Gasteiger partial charge in [-0.15, -0.1) is 11.3 Å². The van der Waals surface area contributed by atoms with Crippen LogP contribution in [0.1, 0.15) is 15.2 Å². The molecule has 1 saturated heterocycles. The first-order valence-electron chi connectivity index (χ1n) is 6.43. The van der Waals surface area contributed by atoms with Gasteiger partial charge in [-0.05, 0) is 19.1 Å². The fraction of sp³-hybridized carbons (Fsp3) is 0.286. The zero-order valence-electron chi connectivity index (χ0n) is 11.3. The molecule has 1 fully saturated rings. The zero-order valence-corrected chi connectivity index (χ0v) is 12.1. The maximum absolute atomic E-state index is 11.3. The van der Waals surface area contributed by atoms with Crippen molar-refractivity contribution in [2.75, 3.05) is 18.5 Å². The van der Waals surface area contributed by atoms with Crippen molar-refractivity contribution in [1.82, 2.24) is 4.98 Å². The van der Waals surface area contributed by atoms with E-state index in [2.05, 4.69) is 10.3 Å². The maximum Gasteiger partial charge on any atom is 0.339 e. The Morgan fingerprint density at radius 3 is 3.05 bits per heavy atom. The fourth-order valence-electron chi connectivity index (χ4n) is 1.83. The Bertz CT molecular complexity index is 667. The maximum atomic E-state index is 11.3. The molecule has 1 aromatic heterocycles. The Kier molecular flexibility index (Phi) is 3.76. The van der Waals surface area contributed by atoms with E-state index in [-0.39, 0.29) is 11.7 Å². The Hall–Kier alpha value is -2.12. The zero-order chi connectivity index (χ0) is 14.8. The lowest BCUT2D eigenvalue weighted by Gasteiger charge is -2.13. The van der Waals surface area contributed by atoms with E-state index < -0.39 is 5.97 Å². The Morgan fingerprint density at radius 2 is 2.43 bits per heavy atom. The van der Waals surface area contributed by atoms with Gasteiger partial charge in [-0.25, -0.2) is 9.78 Å². The predicted octanol–water partition coefficient (Wildman–Crippen LogP) is 2.67. The molecule has 0 radical (unpaired) electrons. The van der Waals surface area contributed by atoms with Crippen molar-refractivity contribution >= 4 is 28.1 Å². The minimum absolute atomic E-state index is 0.0572. The van der Waals surface area contributed by atoms with E-state index in [4.69, 9.17) is 9.47 Å². The third kappa shape index (κ3) is 3.32. The second-order valence-electron chi connectivity index (χ2n) is 4.65. The number of carboxylic acid groups (broad SMARTS) is 1. The van der Waals surface area contributed by atoms with Gasteiger partial charge in [0.15, 0.2) is 10.9 Å². The van der Waals surface area contributed by atoms with E-state index in [0.29, 0.717) is 29.8 Å². The number of nitrogens with one attached hydrogen (secondary N) is 1. The molecule has 0 saturated carbocycles. The third-order valence-electron chi connectivity index (χ3n) is 2.92. The molecule has 0 amide bonds. The number of thiazole rings is 1. The first kappa shape index (κ1) is 13.8. The van der Waals surface area contributed by atoms with Crippen molar-refractivity contribution in [3.8, 4) is 5.75 Å². The molecule has 2 N–H and O–H groups in total. The number of rotatable bonds is 6. The van der Waals surface area contributed by atoms with E-state index in [9.17, 15) is 9.90 Å². The van der Waals surface area contributed by atoms with Crippen LogP contribution in [-0.2, 0) is 4.74 Å². The van der Waals surface area contributed by atoms with Crippen molar-refractivity contribution in [2.24, 2.45) is 0 Å². The molecule has 2 aromatic rings. The van der Waals surface area contributed by atoms with Crippen LogP contribution in [0.3, 0.4) is 0 Å². The number of hydrogen-bond acceptors (Lipinski definition) is 6. The van der Waals surface area contributed by atoms with Crippen LogP contribution in [0, 0.1) is 6.92 Å². The molecular weight excluding hydrogens is 292 g/mol. The van der Waals surface area contributed by atoms with Crippen molar-refractivity contribution in [3.05, 3.63) is 34.8 Å². The highest BCUT2D eigenvalue weighted by atomic mass is 32.1. The normalized spacial score (nSPS) is 16.5. The smallest absolute Gasteiger partial charge is 0.339 e. The number of aromatic nitrogens is 1. The molecule has 0 aliphatic carbocycles. The van der Waals surface area contributed by atoms with Crippen LogP contribution in [0.25, 0.3) is 0 Å². The molecule has 3 rings (SSSR count). The number of anilines is 2. The van der Waals surface area contributed by atoms with Gasteiger partial charge < -0.3 is 19.9 Å². The van der Waals surface area contributed by atoms with E-state index in [0.717, 1.165) is 4.88 Å². The van der Waals surface area contributed by atoms with Gasteiger partial charge in [0.2, 0.25) is 0 Å². The molecule has 110 valence electrons. The van der Waals surface area contributed by atoms with Crippen LogP contribution in [-0.4, -0.2) is 35.4 Å². The summed E-state index contributed by atoms with van der Waals surface area (Å²) in [4.78, 5) is 16.6. The SMILES string of the molecule is Cc1cnc(Nc2cccc(C(=O)O)c2OCC2CO2)s1. The van der Waals surface area contributed by atoms with Crippen molar-refractivity contribution in [1.29, 1.82) is 0 Å². The molecule has 21 heavy (non-hydrogen) atoms. The summed E-state index contributed by atoms with van der Waals surface area (Å²) >= 11 is 1.49. The monoisotopic (exact) mass is 306 g/mol. The summed E-state index contributed by atoms with van der Waals surface area (Å²) in [5.41, 5.74) is 0.707. The highest BCUT2D eigenvalue weighted by Gasteiger charge is 2.25. The summed E-state index contributed by atoms with van der Waals surface area (Å²) in [5.74, 6) is -0.714. The van der Waals surface area contributed by atoms with Crippen LogP contribution in [0.15, 0.2) is 24.4 Å². The summed E-state index contributed by atoms with van der Waals surface area (Å²) in [5, 5.41) is 13.1. The van der Waals surface area contributed by atoms with Gasteiger partial charge in [-0.3, -0.25) is 0 Å². The van der Waals surface area contributed by atoms with Gasteiger partial charge >= 0.3 is 5.97 Å². The van der Waals surface area contributed by atoms with E-state index in [1.807, 2.05) is 6.92 Å². The lowest BCUT2D eigenvalue weighted by molar-refractivity contribution is 0.0692. The number of epoxide rings is 1. The summed E-state index contributed by atoms with van der Waals surface area (Å²) < 4.78 is 10.7. The Labute approximate surface area is 125 Å². The highest BCUT2D eigenvalue weighted by molar-refractivity contribution is 7.15. The summed E-state index contributed by atoms with van der Waals surface area (Å²) in [6.07, 6.45) is 1.81. The van der Waals surface area contributed by atoms with Crippen molar-refractivity contribution in [2.45, 2.75) is 13.0 Å². The second-order valence-corrected chi connectivity index (χ2v) is 5.89. The number of aromatic carboxylic acids is 1. The largest absolute Gasteiger partial charge is 0.488 e. The van der Waals surface area contributed by atoms with Gasteiger partial charge in [0.05, 0.1) is 12.3 Å². The van der Waals surface area contributed by atoms with Gasteiger partial charge in [0.25, 0.3) is 0 Å². The summed E-state index contributed by atoms with van der Waals surface area (Å²) in [6, 6.07) is 4.96. The summed E-state index contributed by atoms with van der Waals surface area (Å²) in [6.45, 7) is 2.96. The van der Waals surface area contributed by atoms with Gasteiger partial charge in [0, 0.05) is 11.1 Å². The molecular formula is C14H14N2O4S. The van der Waals surface area contributed by atoms with E-state index in [1.165, 1.54) is 17.4 Å². The van der Waals surface area contributed by atoms with Gasteiger partial charge in [0.1, 0.15) is 18.3 Å². The first-order chi connectivity index (χ1) is 10.1. The molecule has 1 unspecified atom stereocenters. The quantitative estimate of drug-likeness (QED) is 0.798. The van der Waals surface area contributed by atoms with Gasteiger partial charge in [-0.1, -0.05) is 6.07 Å². The topological polar surface area (TPSA) is 84.0 Å². The molecule has 6 nitrogen and oxygen atoms in total. The fourth-order valence-corrected chi connectivity index (χ4v) is 2.50.